The van der Waals surface area contributed by atoms with E-state index in [1.54, 1.807) is 4.90 Å². The average Bonchev–Trinajstić information content (AvgIpc) is 3.24. The van der Waals surface area contributed by atoms with Crippen LogP contribution in [0.3, 0.4) is 0 Å². The molecule has 1 aliphatic carbocycles. The van der Waals surface area contributed by atoms with Gasteiger partial charge < -0.3 is 19.8 Å². The van der Waals surface area contributed by atoms with E-state index in [9.17, 15) is 4.79 Å². The lowest BCUT2D eigenvalue weighted by atomic mass is 10.1. The Morgan fingerprint density at radius 2 is 2.33 bits per heavy atom. The third-order valence-corrected chi connectivity index (χ3v) is 3.64. The van der Waals surface area contributed by atoms with Gasteiger partial charge in [0.05, 0.1) is 6.54 Å². The number of aliphatic hydroxyl groups excluding tert-OH is 1. The molecule has 2 rings (SSSR count). The van der Waals surface area contributed by atoms with Crippen molar-refractivity contribution in [1.82, 2.24) is 20.4 Å². The number of carbonyl (C=O) groups excluding carboxylic acids is 1. The number of hydrogen-bond donors (Lipinski definition) is 2. The first-order valence-corrected chi connectivity index (χ1v) is 7.60. The molecule has 1 atom stereocenters. The molecule has 0 saturated heterocycles. The third-order valence-electron chi connectivity index (χ3n) is 3.64. The summed E-state index contributed by atoms with van der Waals surface area (Å²) in [6, 6.07) is -0.139. The van der Waals surface area contributed by atoms with Gasteiger partial charge in [0.25, 0.3) is 0 Å². The molecule has 0 radical (unpaired) electrons. The van der Waals surface area contributed by atoms with Crippen LogP contribution >= 0.6 is 0 Å². The Bertz CT molecular complexity index is 459. The molecule has 0 aliphatic heterocycles. The van der Waals surface area contributed by atoms with Gasteiger partial charge in [-0.1, -0.05) is 12.1 Å². The van der Waals surface area contributed by atoms with Crippen molar-refractivity contribution in [3.63, 3.8) is 0 Å². The second-order valence-corrected chi connectivity index (χ2v) is 5.65. The minimum absolute atomic E-state index is 0.139. The lowest BCUT2D eigenvalue weighted by Gasteiger charge is -2.20. The lowest BCUT2D eigenvalue weighted by Crippen LogP contribution is -2.40. The van der Waals surface area contributed by atoms with E-state index in [0.717, 1.165) is 19.3 Å². The maximum absolute atomic E-state index is 12.1. The number of nitrogens with zero attached hydrogens (tertiary/aromatic N) is 3. The van der Waals surface area contributed by atoms with Gasteiger partial charge in [0.1, 0.15) is 0 Å². The van der Waals surface area contributed by atoms with Gasteiger partial charge in [-0.15, -0.1) is 0 Å². The van der Waals surface area contributed by atoms with Crippen molar-refractivity contribution in [2.24, 2.45) is 5.92 Å². The summed E-state index contributed by atoms with van der Waals surface area (Å²) >= 11 is 0. The van der Waals surface area contributed by atoms with Crippen LogP contribution in [0.4, 0.5) is 4.79 Å². The summed E-state index contributed by atoms with van der Waals surface area (Å²) in [5, 5.41) is 15.7. The Kier molecular flexibility index (Phi) is 5.55. The molecule has 0 spiro atoms. The molecule has 0 bridgehead atoms. The summed E-state index contributed by atoms with van der Waals surface area (Å²) in [5.41, 5.74) is 0. The summed E-state index contributed by atoms with van der Waals surface area (Å²) in [6.07, 6.45) is 2.99. The molecule has 7 heteroatoms. The van der Waals surface area contributed by atoms with Crippen molar-refractivity contribution in [2.45, 2.75) is 45.6 Å². The van der Waals surface area contributed by atoms with E-state index in [1.807, 2.05) is 13.8 Å². The Morgan fingerprint density at radius 3 is 2.95 bits per heavy atom. The maximum atomic E-state index is 12.1. The number of amides is 2. The molecule has 0 aromatic carbocycles. The Hall–Kier alpha value is -1.63. The van der Waals surface area contributed by atoms with Gasteiger partial charge in [0.2, 0.25) is 5.89 Å². The van der Waals surface area contributed by atoms with Gasteiger partial charge >= 0.3 is 6.03 Å². The van der Waals surface area contributed by atoms with Gasteiger partial charge in [0.15, 0.2) is 5.82 Å². The highest BCUT2D eigenvalue weighted by molar-refractivity contribution is 5.73. The molecule has 1 fully saturated rings. The minimum Gasteiger partial charge on any atom is -0.396 e. The van der Waals surface area contributed by atoms with E-state index in [0.29, 0.717) is 37.3 Å². The standard InChI is InChI=1S/C14H24N4O3/c1-3-18(14(20)15-7-6-10(2)9-19)8-12-16-13(21-17-12)11-4-5-11/h10-11,19H,3-9H2,1-2H3,(H,15,20)/t10-/m0/s1. The van der Waals surface area contributed by atoms with Crippen molar-refractivity contribution < 1.29 is 14.4 Å². The molecule has 0 unspecified atom stereocenters. The second kappa shape index (κ2) is 7.40. The van der Waals surface area contributed by atoms with Gasteiger partial charge in [-0.3, -0.25) is 0 Å². The molecule has 1 saturated carbocycles. The summed E-state index contributed by atoms with van der Waals surface area (Å²) in [5.74, 6) is 1.87. The first kappa shape index (κ1) is 15.8. The summed E-state index contributed by atoms with van der Waals surface area (Å²) in [7, 11) is 0. The van der Waals surface area contributed by atoms with Crippen molar-refractivity contribution in [1.29, 1.82) is 0 Å². The van der Waals surface area contributed by atoms with Crippen LogP contribution in [-0.2, 0) is 6.54 Å². The van der Waals surface area contributed by atoms with Gasteiger partial charge in [0, 0.05) is 25.6 Å². The number of aromatic nitrogens is 2. The molecule has 1 aromatic rings. The Labute approximate surface area is 124 Å². The number of hydrogen-bond acceptors (Lipinski definition) is 5. The zero-order valence-electron chi connectivity index (χ0n) is 12.7. The molecule has 2 N–H and O–H groups in total. The SMILES string of the molecule is CCN(Cc1noc(C2CC2)n1)C(=O)NCC[C@H](C)CO. The molecule has 1 aromatic heterocycles. The predicted octanol–water partition coefficient (Wildman–Crippen LogP) is 1.50. The molecule has 1 heterocycles. The third kappa shape index (κ3) is 4.70. The fourth-order valence-electron chi connectivity index (χ4n) is 1.95. The van der Waals surface area contributed by atoms with Gasteiger partial charge in [-0.2, -0.15) is 4.98 Å². The fourth-order valence-corrected chi connectivity index (χ4v) is 1.95. The van der Waals surface area contributed by atoms with Crippen molar-refractivity contribution >= 4 is 6.03 Å². The number of carbonyl (C=O) groups is 1. The largest absolute Gasteiger partial charge is 0.396 e. The zero-order chi connectivity index (χ0) is 15.2. The van der Waals surface area contributed by atoms with Gasteiger partial charge in [-0.25, -0.2) is 4.79 Å². The van der Waals surface area contributed by atoms with E-state index < -0.39 is 0 Å². The average molecular weight is 296 g/mol. The van der Waals surface area contributed by atoms with Crippen molar-refractivity contribution in [3.05, 3.63) is 11.7 Å². The van der Waals surface area contributed by atoms with Crippen LogP contribution in [0.1, 0.15) is 50.7 Å². The topological polar surface area (TPSA) is 91.5 Å². The van der Waals surface area contributed by atoms with Gasteiger partial charge in [-0.05, 0) is 32.1 Å². The normalized spacial score (nSPS) is 15.8. The molecule has 7 nitrogen and oxygen atoms in total. The van der Waals surface area contributed by atoms with E-state index in [4.69, 9.17) is 9.63 Å². The smallest absolute Gasteiger partial charge is 0.317 e. The first-order valence-electron chi connectivity index (χ1n) is 7.60. The van der Waals surface area contributed by atoms with E-state index in [1.165, 1.54) is 0 Å². The number of aliphatic hydroxyl groups is 1. The fraction of sp³-hybridized carbons (Fsp3) is 0.786. The van der Waals surface area contributed by atoms with Crippen LogP contribution in [0.15, 0.2) is 4.52 Å². The van der Waals surface area contributed by atoms with Crippen LogP contribution in [0.25, 0.3) is 0 Å². The highest BCUT2D eigenvalue weighted by Crippen LogP contribution is 2.38. The molecule has 2 amide bonds. The monoisotopic (exact) mass is 296 g/mol. The number of nitrogens with one attached hydrogen (secondary N) is 1. The highest BCUT2D eigenvalue weighted by atomic mass is 16.5. The molecular weight excluding hydrogens is 272 g/mol. The van der Waals surface area contributed by atoms with E-state index in [-0.39, 0.29) is 18.6 Å². The first-order chi connectivity index (χ1) is 10.1. The van der Waals surface area contributed by atoms with Crippen molar-refractivity contribution in [2.75, 3.05) is 19.7 Å². The molecular formula is C14H24N4O3. The summed E-state index contributed by atoms with van der Waals surface area (Å²) in [4.78, 5) is 18.0. The highest BCUT2D eigenvalue weighted by Gasteiger charge is 2.30. The molecule has 21 heavy (non-hydrogen) atoms. The Morgan fingerprint density at radius 1 is 1.57 bits per heavy atom. The van der Waals surface area contributed by atoms with Crippen LogP contribution in [0.5, 0.6) is 0 Å². The molecule has 118 valence electrons. The zero-order valence-corrected chi connectivity index (χ0v) is 12.7. The van der Waals surface area contributed by atoms with Crippen LogP contribution in [0.2, 0.25) is 0 Å². The van der Waals surface area contributed by atoms with Crippen LogP contribution in [0, 0.1) is 5.92 Å². The number of rotatable bonds is 8. The molecule has 1 aliphatic rings. The second-order valence-electron chi connectivity index (χ2n) is 5.65. The number of urea groups is 1. The van der Waals surface area contributed by atoms with Crippen LogP contribution in [-0.4, -0.2) is 45.9 Å². The maximum Gasteiger partial charge on any atom is 0.317 e. The van der Waals surface area contributed by atoms with Crippen molar-refractivity contribution in [3.8, 4) is 0 Å². The quantitative estimate of drug-likeness (QED) is 0.758. The summed E-state index contributed by atoms with van der Waals surface area (Å²) in [6.45, 7) is 5.49. The Balaban J connectivity index is 1.78. The predicted molar refractivity (Wildman–Crippen MR) is 76.6 cm³/mol. The summed E-state index contributed by atoms with van der Waals surface area (Å²) < 4.78 is 5.19. The minimum atomic E-state index is -0.139. The van der Waals surface area contributed by atoms with E-state index >= 15 is 0 Å². The van der Waals surface area contributed by atoms with Crippen LogP contribution < -0.4 is 5.32 Å². The van der Waals surface area contributed by atoms with E-state index in [2.05, 4.69) is 15.5 Å². The lowest BCUT2D eigenvalue weighted by molar-refractivity contribution is 0.192.